The summed E-state index contributed by atoms with van der Waals surface area (Å²) >= 11 is 0. The molecule has 1 saturated carbocycles. The summed E-state index contributed by atoms with van der Waals surface area (Å²) in [5.74, 6) is -1.17. The highest BCUT2D eigenvalue weighted by atomic mass is 32.2. The summed E-state index contributed by atoms with van der Waals surface area (Å²) in [6.45, 7) is 0. The maximum Gasteiger partial charge on any atom is 0.152 e. The van der Waals surface area contributed by atoms with Gasteiger partial charge in [0.05, 0.1) is 17.2 Å². The second kappa shape index (κ2) is 3.56. The van der Waals surface area contributed by atoms with Crippen molar-refractivity contribution in [3.8, 4) is 6.07 Å². The topological polar surface area (TPSA) is 57.9 Å². The van der Waals surface area contributed by atoms with E-state index in [-0.39, 0.29) is 11.7 Å². The quantitative estimate of drug-likeness (QED) is 0.785. The Labute approximate surface area is 93.4 Å². The van der Waals surface area contributed by atoms with Crippen LogP contribution < -0.4 is 0 Å². The van der Waals surface area contributed by atoms with Crippen LogP contribution in [0.4, 0.5) is 4.39 Å². The maximum absolute atomic E-state index is 12.7. The van der Waals surface area contributed by atoms with Gasteiger partial charge in [-0.2, -0.15) is 5.26 Å². The lowest BCUT2D eigenvalue weighted by molar-refractivity contribution is 0.599. The van der Waals surface area contributed by atoms with Gasteiger partial charge in [0.2, 0.25) is 0 Å². The van der Waals surface area contributed by atoms with E-state index in [9.17, 15) is 12.8 Å². The number of nitrogens with zero attached hydrogens (tertiary/aromatic N) is 1. The third-order valence-electron chi connectivity index (χ3n) is 2.85. The first-order valence-electron chi connectivity index (χ1n) is 4.79. The van der Waals surface area contributed by atoms with Crippen molar-refractivity contribution < 1.29 is 12.8 Å². The molecule has 1 aliphatic carbocycles. The van der Waals surface area contributed by atoms with Gasteiger partial charge in [-0.1, -0.05) is 12.1 Å². The molecule has 0 heterocycles. The summed E-state index contributed by atoms with van der Waals surface area (Å²) in [5.41, 5.74) is 0.711. The number of halogens is 1. The molecule has 1 aromatic carbocycles. The molecule has 1 aromatic rings. The van der Waals surface area contributed by atoms with Crippen molar-refractivity contribution in [2.24, 2.45) is 5.92 Å². The van der Waals surface area contributed by atoms with Gasteiger partial charge in [-0.05, 0) is 17.7 Å². The van der Waals surface area contributed by atoms with Gasteiger partial charge in [-0.25, -0.2) is 12.8 Å². The van der Waals surface area contributed by atoms with E-state index >= 15 is 0 Å². The molecule has 1 aliphatic rings. The van der Waals surface area contributed by atoms with Crippen LogP contribution in [0.2, 0.25) is 0 Å². The van der Waals surface area contributed by atoms with E-state index in [0.717, 1.165) is 6.26 Å². The Morgan fingerprint density at radius 1 is 1.31 bits per heavy atom. The van der Waals surface area contributed by atoms with Crippen LogP contribution in [0.5, 0.6) is 0 Å². The third kappa shape index (κ3) is 1.81. The molecule has 0 aliphatic heterocycles. The number of hydrogen-bond acceptors (Lipinski definition) is 3. The van der Waals surface area contributed by atoms with Crippen LogP contribution in [0.1, 0.15) is 11.5 Å². The van der Waals surface area contributed by atoms with Gasteiger partial charge in [0, 0.05) is 12.2 Å². The molecule has 5 heteroatoms. The minimum absolute atomic E-state index is 0.305. The fourth-order valence-corrected chi connectivity index (χ4v) is 3.58. The van der Waals surface area contributed by atoms with Crippen LogP contribution in [-0.2, 0) is 9.84 Å². The molecule has 0 aromatic heterocycles. The van der Waals surface area contributed by atoms with Gasteiger partial charge in [0.25, 0.3) is 0 Å². The second-order valence-corrected chi connectivity index (χ2v) is 6.23. The fraction of sp³-hybridized carbons (Fsp3) is 0.364. The van der Waals surface area contributed by atoms with Gasteiger partial charge in [0.1, 0.15) is 5.82 Å². The van der Waals surface area contributed by atoms with Gasteiger partial charge < -0.3 is 0 Å². The minimum atomic E-state index is -3.21. The average molecular weight is 239 g/mol. The number of hydrogen-bond donors (Lipinski definition) is 0. The van der Waals surface area contributed by atoms with Crippen molar-refractivity contribution >= 4 is 9.84 Å². The molecule has 3 nitrogen and oxygen atoms in total. The molecule has 0 spiro atoms. The molecule has 0 saturated heterocycles. The van der Waals surface area contributed by atoms with Crippen LogP contribution in [0.15, 0.2) is 24.3 Å². The standard InChI is InChI=1S/C11H10FNO2S/c1-16(14,15)11-9(6-13)10(11)7-2-4-8(12)5-3-7/h2-5,9-11H,1H3/t9-,10+,11+/m0/s1. The van der Waals surface area contributed by atoms with Crippen LogP contribution in [0.25, 0.3) is 0 Å². The summed E-state index contributed by atoms with van der Waals surface area (Å²) < 4.78 is 35.5. The predicted octanol–water partition coefficient (Wildman–Crippen LogP) is 1.48. The molecule has 0 N–H and O–H groups in total. The molecule has 1 fully saturated rings. The molecule has 16 heavy (non-hydrogen) atoms. The normalized spacial score (nSPS) is 28.4. The van der Waals surface area contributed by atoms with Crippen molar-refractivity contribution in [3.63, 3.8) is 0 Å². The lowest BCUT2D eigenvalue weighted by atomic mass is 10.1. The molecular weight excluding hydrogens is 229 g/mol. The second-order valence-electron chi connectivity index (χ2n) is 4.03. The number of rotatable bonds is 2. The van der Waals surface area contributed by atoms with Crippen molar-refractivity contribution in [1.29, 1.82) is 5.26 Å². The molecule has 3 atom stereocenters. The Morgan fingerprint density at radius 2 is 1.88 bits per heavy atom. The highest BCUT2D eigenvalue weighted by molar-refractivity contribution is 7.91. The summed E-state index contributed by atoms with van der Waals surface area (Å²) in [4.78, 5) is 0. The largest absolute Gasteiger partial charge is 0.229 e. The molecule has 0 amide bonds. The molecule has 2 rings (SSSR count). The highest BCUT2D eigenvalue weighted by Crippen LogP contribution is 2.51. The monoisotopic (exact) mass is 239 g/mol. The Balaban J connectivity index is 2.31. The van der Waals surface area contributed by atoms with Gasteiger partial charge in [-0.3, -0.25) is 0 Å². The van der Waals surface area contributed by atoms with E-state index < -0.39 is 21.0 Å². The number of sulfone groups is 1. The first-order chi connectivity index (χ1) is 7.45. The highest BCUT2D eigenvalue weighted by Gasteiger charge is 2.57. The van der Waals surface area contributed by atoms with E-state index in [1.807, 2.05) is 6.07 Å². The molecule has 84 valence electrons. The van der Waals surface area contributed by atoms with Crippen molar-refractivity contribution in [2.45, 2.75) is 11.2 Å². The van der Waals surface area contributed by atoms with Crippen LogP contribution in [-0.4, -0.2) is 19.9 Å². The van der Waals surface area contributed by atoms with Gasteiger partial charge in [0.15, 0.2) is 9.84 Å². The lowest BCUT2D eigenvalue weighted by Crippen LogP contribution is -2.06. The van der Waals surface area contributed by atoms with E-state index in [4.69, 9.17) is 5.26 Å². The van der Waals surface area contributed by atoms with Gasteiger partial charge in [-0.15, -0.1) is 0 Å². The number of nitriles is 1. The fourth-order valence-electron chi connectivity index (χ4n) is 2.05. The van der Waals surface area contributed by atoms with Crippen molar-refractivity contribution in [3.05, 3.63) is 35.6 Å². The molecule has 0 radical (unpaired) electrons. The van der Waals surface area contributed by atoms with Crippen molar-refractivity contribution in [1.82, 2.24) is 0 Å². The zero-order valence-corrected chi connectivity index (χ0v) is 9.41. The van der Waals surface area contributed by atoms with Crippen molar-refractivity contribution in [2.75, 3.05) is 6.26 Å². The number of benzene rings is 1. The molecule has 0 unspecified atom stereocenters. The summed E-state index contributed by atoms with van der Waals surface area (Å²) in [5, 5.41) is 8.20. The molecule has 0 bridgehead atoms. The van der Waals surface area contributed by atoms with E-state index in [1.165, 1.54) is 24.3 Å². The maximum atomic E-state index is 12.7. The van der Waals surface area contributed by atoms with Gasteiger partial charge >= 0.3 is 0 Å². The first kappa shape index (κ1) is 11.1. The third-order valence-corrected chi connectivity index (χ3v) is 4.43. The Bertz CT molecular complexity index is 544. The summed E-state index contributed by atoms with van der Waals surface area (Å²) in [7, 11) is -3.21. The Morgan fingerprint density at radius 3 is 2.25 bits per heavy atom. The molecular formula is C11H10FNO2S. The van der Waals surface area contributed by atoms with Crippen LogP contribution >= 0.6 is 0 Å². The first-order valence-corrected chi connectivity index (χ1v) is 6.74. The predicted molar refractivity (Wildman–Crippen MR) is 56.9 cm³/mol. The Hall–Kier alpha value is -1.41. The van der Waals surface area contributed by atoms with E-state index in [2.05, 4.69) is 0 Å². The SMILES string of the molecule is CS(=O)(=O)[C@@H]1[C@@H](C#N)[C@H]1c1ccc(F)cc1. The average Bonchev–Trinajstić information content (AvgIpc) is 2.92. The summed E-state index contributed by atoms with van der Waals surface area (Å²) in [6.07, 6.45) is 1.13. The van der Waals surface area contributed by atoms with E-state index in [0.29, 0.717) is 5.56 Å². The zero-order valence-electron chi connectivity index (χ0n) is 8.59. The zero-order chi connectivity index (χ0) is 11.9. The summed E-state index contributed by atoms with van der Waals surface area (Å²) in [6, 6.07) is 7.62. The van der Waals surface area contributed by atoms with E-state index in [1.54, 1.807) is 0 Å². The smallest absolute Gasteiger partial charge is 0.152 e. The lowest BCUT2D eigenvalue weighted by Gasteiger charge is -1.98. The minimum Gasteiger partial charge on any atom is -0.229 e. The van der Waals surface area contributed by atoms with Crippen LogP contribution in [0.3, 0.4) is 0 Å². The van der Waals surface area contributed by atoms with Crippen LogP contribution in [0, 0.1) is 23.1 Å². The Kier molecular flexibility index (Phi) is 2.47.